The van der Waals surface area contributed by atoms with Gasteiger partial charge in [-0.25, -0.2) is 14.3 Å². The van der Waals surface area contributed by atoms with Gasteiger partial charge in [-0.05, 0) is 49.5 Å². The van der Waals surface area contributed by atoms with Crippen LogP contribution in [0.25, 0.3) is 16.7 Å². The van der Waals surface area contributed by atoms with Crippen LogP contribution in [0.5, 0.6) is 0 Å². The number of aromatic carboxylic acids is 1. The molecule has 0 bridgehead atoms. The summed E-state index contributed by atoms with van der Waals surface area (Å²) in [4.78, 5) is 30.8. The van der Waals surface area contributed by atoms with Crippen LogP contribution in [0.4, 0.5) is 0 Å². The molecule has 0 saturated heterocycles. The maximum Gasteiger partial charge on any atom is 0.335 e. The Morgan fingerprint density at radius 1 is 1.32 bits per heavy atom. The second kappa shape index (κ2) is 5.19. The van der Waals surface area contributed by atoms with E-state index in [9.17, 15) is 9.59 Å². The molecule has 3 rings (SSSR count). The van der Waals surface area contributed by atoms with Crippen LogP contribution in [0.2, 0.25) is 0 Å². The number of pyridine rings is 1. The maximum atomic E-state index is 12.6. The summed E-state index contributed by atoms with van der Waals surface area (Å²) in [6, 6.07) is 9.55. The Hall–Kier alpha value is -2.80. The third kappa shape index (κ3) is 2.31. The monoisotopic (exact) mass is 313 g/mol. The fourth-order valence-electron chi connectivity index (χ4n) is 2.21. The number of nitrogens with one attached hydrogen (secondary N) is 1. The number of hydrogen-bond acceptors (Lipinski definition) is 4. The van der Waals surface area contributed by atoms with Gasteiger partial charge in [0, 0.05) is 5.69 Å². The van der Waals surface area contributed by atoms with E-state index >= 15 is 0 Å². The summed E-state index contributed by atoms with van der Waals surface area (Å²) in [7, 11) is 0. The molecule has 0 radical (unpaired) electrons. The highest BCUT2D eigenvalue weighted by Crippen LogP contribution is 2.12. The number of rotatable bonds is 2. The van der Waals surface area contributed by atoms with Crippen LogP contribution >= 0.6 is 12.2 Å². The van der Waals surface area contributed by atoms with Crippen molar-refractivity contribution in [3.63, 3.8) is 0 Å². The van der Waals surface area contributed by atoms with Gasteiger partial charge in [0.25, 0.3) is 5.56 Å². The minimum absolute atomic E-state index is 0.0870. The van der Waals surface area contributed by atoms with E-state index in [2.05, 4.69) is 9.97 Å². The van der Waals surface area contributed by atoms with Gasteiger partial charge in [-0.15, -0.1) is 0 Å². The fraction of sp³-hybridized carbons (Fsp3) is 0.0667. The van der Waals surface area contributed by atoms with Crippen molar-refractivity contribution < 1.29 is 9.90 Å². The number of carbonyl (C=O) groups is 1. The van der Waals surface area contributed by atoms with Gasteiger partial charge >= 0.3 is 5.97 Å². The summed E-state index contributed by atoms with van der Waals surface area (Å²) in [5.41, 5.74) is 0.900. The van der Waals surface area contributed by atoms with Crippen LogP contribution in [-0.4, -0.2) is 25.6 Å². The Kier molecular flexibility index (Phi) is 3.34. The summed E-state index contributed by atoms with van der Waals surface area (Å²) >= 11 is 5.22. The van der Waals surface area contributed by atoms with Crippen LogP contribution < -0.4 is 5.56 Å². The lowest BCUT2D eigenvalue weighted by Gasteiger charge is -2.08. The zero-order chi connectivity index (χ0) is 15.9. The van der Waals surface area contributed by atoms with E-state index in [1.165, 1.54) is 22.8 Å². The molecule has 0 atom stereocenters. The van der Waals surface area contributed by atoms with Crippen molar-refractivity contribution in [1.29, 1.82) is 0 Å². The van der Waals surface area contributed by atoms with Crippen molar-refractivity contribution in [3.05, 3.63) is 62.8 Å². The van der Waals surface area contributed by atoms with E-state index in [0.717, 1.165) is 5.69 Å². The number of H-pyrrole nitrogens is 1. The zero-order valence-electron chi connectivity index (χ0n) is 11.5. The first-order chi connectivity index (χ1) is 10.5. The van der Waals surface area contributed by atoms with Gasteiger partial charge in [0.1, 0.15) is 5.82 Å². The molecule has 2 heterocycles. The molecule has 0 spiro atoms. The molecular weight excluding hydrogens is 302 g/mol. The van der Waals surface area contributed by atoms with Crippen LogP contribution in [0.1, 0.15) is 16.1 Å². The van der Waals surface area contributed by atoms with Crippen molar-refractivity contribution in [2.45, 2.75) is 6.92 Å². The van der Waals surface area contributed by atoms with Gasteiger partial charge in [-0.2, -0.15) is 0 Å². The minimum atomic E-state index is -1.06. The lowest BCUT2D eigenvalue weighted by Crippen LogP contribution is -2.21. The quantitative estimate of drug-likeness (QED) is 0.710. The van der Waals surface area contributed by atoms with E-state index in [1.54, 1.807) is 12.1 Å². The van der Waals surface area contributed by atoms with Crippen molar-refractivity contribution in [3.8, 4) is 5.82 Å². The third-order valence-corrected chi connectivity index (χ3v) is 3.53. The number of aryl methyl sites for hydroxylation is 1. The molecule has 0 aliphatic rings. The molecule has 2 N–H and O–H groups in total. The molecule has 0 unspecified atom stereocenters. The molecule has 2 aromatic heterocycles. The molecule has 6 nitrogen and oxygen atoms in total. The zero-order valence-corrected chi connectivity index (χ0v) is 12.3. The Morgan fingerprint density at radius 3 is 2.77 bits per heavy atom. The number of hydrogen-bond donors (Lipinski definition) is 2. The Labute approximate surface area is 129 Å². The average molecular weight is 313 g/mol. The van der Waals surface area contributed by atoms with Gasteiger partial charge in [0.15, 0.2) is 4.77 Å². The second-order valence-electron chi connectivity index (χ2n) is 4.77. The molecule has 22 heavy (non-hydrogen) atoms. The number of carboxylic acid groups (broad SMARTS) is 1. The molecule has 0 saturated carbocycles. The normalized spacial score (nSPS) is 10.8. The SMILES string of the molecule is Cc1cccc(-n2c(=S)[nH]c3cc(C(=O)O)ccc3c2=O)n1. The van der Waals surface area contributed by atoms with Crippen LogP contribution in [0, 0.1) is 11.7 Å². The Morgan fingerprint density at radius 2 is 2.09 bits per heavy atom. The van der Waals surface area contributed by atoms with Crippen LogP contribution in [0.3, 0.4) is 0 Å². The van der Waals surface area contributed by atoms with Gasteiger partial charge in [-0.3, -0.25) is 4.79 Å². The molecule has 110 valence electrons. The molecule has 0 amide bonds. The molecule has 0 aliphatic carbocycles. The first-order valence-electron chi connectivity index (χ1n) is 6.44. The molecule has 0 aliphatic heterocycles. The van der Waals surface area contributed by atoms with Gasteiger partial charge in [0.2, 0.25) is 0 Å². The topological polar surface area (TPSA) is 88.0 Å². The average Bonchev–Trinajstić information content (AvgIpc) is 2.46. The highest BCUT2D eigenvalue weighted by Gasteiger charge is 2.11. The number of benzene rings is 1. The lowest BCUT2D eigenvalue weighted by molar-refractivity contribution is 0.0697. The Balaban J connectivity index is 2.35. The van der Waals surface area contributed by atoms with E-state index in [4.69, 9.17) is 17.3 Å². The predicted molar refractivity (Wildman–Crippen MR) is 84.2 cm³/mol. The highest BCUT2D eigenvalue weighted by atomic mass is 32.1. The molecular formula is C15H11N3O3S. The fourth-order valence-corrected chi connectivity index (χ4v) is 2.50. The number of aromatic amines is 1. The van der Waals surface area contributed by atoms with Crippen molar-refractivity contribution >= 4 is 29.1 Å². The van der Waals surface area contributed by atoms with E-state index in [1.807, 2.05) is 13.0 Å². The standard InChI is InChI=1S/C15H11N3O3S/c1-8-3-2-4-12(16-8)18-13(19)10-6-5-9(14(20)21)7-11(10)17-15(18)22/h2-7H,1H3,(H,17,22)(H,20,21). The van der Waals surface area contributed by atoms with Gasteiger partial charge in [-0.1, -0.05) is 6.07 Å². The summed E-state index contributed by atoms with van der Waals surface area (Å²) in [5.74, 6) is -0.638. The van der Waals surface area contributed by atoms with E-state index in [-0.39, 0.29) is 15.9 Å². The van der Waals surface area contributed by atoms with Crippen LogP contribution in [0.15, 0.2) is 41.2 Å². The first kappa shape index (κ1) is 14.2. The number of fused-ring (bicyclic) bond motifs is 1. The first-order valence-corrected chi connectivity index (χ1v) is 6.84. The predicted octanol–water partition coefficient (Wildman–Crippen LogP) is 2.45. The summed E-state index contributed by atoms with van der Waals surface area (Å²) in [5, 5.41) is 9.36. The van der Waals surface area contributed by atoms with Crippen molar-refractivity contribution in [1.82, 2.24) is 14.5 Å². The largest absolute Gasteiger partial charge is 0.478 e. The van der Waals surface area contributed by atoms with E-state index < -0.39 is 5.97 Å². The number of aromatic nitrogens is 3. The third-order valence-electron chi connectivity index (χ3n) is 3.25. The van der Waals surface area contributed by atoms with Gasteiger partial charge in [0.05, 0.1) is 16.5 Å². The highest BCUT2D eigenvalue weighted by molar-refractivity contribution is 7.71. The second-order valence-corrected chi connectivity index (χ2v) is 5.16. The number of nitrogens with zero attached hydrogens (tertiary/aromatic N) is 2. The maximum absolute atomic E-state index is 12.6. The summed E-state index contributed by atoms with van der Waals surface area (Å²) in [6.45, 7) is 1.82. The lowest BCUT2D eigenvalue weighted by atomic mass is 10.1. The minimum Gasteiger partial charge on any atom is -0.478 e. The summed E-state index contributed by atoms with van der Waals surface area (Å²) < 4.78 is 1.46. The molecule has 7 heteroatoms. The molecule has 0 fully saturated rings. The van der Waals surface area contributed by atoms with Crippen LogP contribution in [-0.2, 0) is 0 Å². The molecule has 1 aromatic carbocycles. The van der Waals surface area contributed by atoms with Gasteiger partial charge < -0.3 is 10.1 Å². The smallest absolute Gasteiger partial charge is 0.335 e. The number of carboxylic acids is 1. The van der Waals surface area contributed by atoms with E-state index in [0.29, 0.717) is 16.7 Å². The van der Waals surface area contributed by atoms with Crippen molar-refractivity contribution in [2.75, 3.05) is 0 Å². The summed E-state index contributed by atoms with van der Waals surface area (Å²) in [6.07, 6.45) is 0. The Bertz CT molecular complexity index is 1020. The molecule has 3 aromatic rings. The van der Waals surface area contributed by atoms with Crippen molar-refractivity contribution in [2.24, 2.45) is 0 Å².